The Hall–Kier alpha value is -1.33. The van der Waals surface area contributed by atoms with E-state index in [9.17, 15) is 13.2 Å². The number of hydrogen-bond acceptors (Lipinski definition) is 2. The predicted molar refractivity (Wildman–Crippen MR) is 78.2 cm³/mol. The first-order valence-electron chi connectivity index (χ1n) is 7.03. The van der Waals surface area contributed by atoms with E-state index < -0.39 is 23.5 Å². The summed E-state index contributed by atoms with van der Waals surface area (Å²) < 4.78 is 41.1. The van der Waals surface area contributed by atoms with E-state index in [4.69, 9.17) is 0 Å². The quantitative estimate of drug-likeness (QED) is 0.888. The minimum atomic E-state index is -0.894. The minimum absolute atomic E-state index is 0.113. The van der Waals surface area contributed by atoms with Crippen LogP contribution in [-0.2, 0) is 12.8 Å². The molecule has 1 nitrogen and oxygen atoms in total. The highest BCUT2D eigenvalue weighted by Gasteiger charge is 2.25. The Balaban J connectivity index is 2.04. The summed E-state index contributed by atoms with van der Waals surface area (Å²) in [5, 5.41) is 2.95. The number of thiophene rings is 1. The number of nitrogens with one attached hydrogen (secondary N) is 1. The van der Waals surface area contributed by atoms with Crippen molar-refractivity contribution in [1.29, 1.82) is 0 Å². The molecule has 0 bridgehead atoms. The van der Waals surface area contributed by atoms with Crippen LogP contribution in [0.3, 0.4) is 0 Å². The van der Waals surface area contributed by atoms with Crippen LogP contribution in [0.4, 0.5) is 13.2 Å². The molecular formula is C16H16F3NS. The fourth-order valence-corrected chi connectivity index (χ4v) is 4.29. The molecule has 0 saturated carbocycles. The average molecular weight is 311 g/mol. The second kappa shape index (κ2) is 5.81. The van der Waals surface area contributed by atoms with Gasteiger partial charge in [-0.1, -0.05) is 0 Å². The summed E-state index contributed by atoms with van der Waals surface area (Å²) in [7, 11) is 1.66. The Labute approximate surface area is 125 Å². The first kappa shape index (κ1) is 14.6. The van der Waals surface area contributed by atoms with Gasteiger partial charge in [-0.25, -0.2) is 13.2 Å². The summed E-state index contributed by atoms with van der Waals surface area (Å²) >= 11 is 1.59. The Morgan fingerprint density at radius 1 is 1.05 bits per heavy atom. The Morgan fingerprint density at radius 2 is 1.71 bits per heavy atom. The SMILES string of the molecule is CNC(c1cc2c(s1)CCCC2)c1c(F)cc(F)cc1F. The Kier molecular flexibility index (Phi) is 4.04. The number of rotatable bonds is 3. The lowest BCUT2D eigenvalue weighted by Gasteiger charge is -2.16. The number of halogens is 3. The van der Waals surface area contributed by atoms with Gasteiger partial charge < -0.3 is 5.32 Å². The molecular weight excluding hydrogens is 295 g/mol. The molecule has 1 aliphatic rings. The zero-order chi connectivity index (χ0) is 15.0. The number of benzene rings is 1. The molecule has 0 fully saturated rings. The van der Waals surface area contributed by atoms with Crippen molar-refractivity contribution in [3.8, 4) is 0 Å². The van der Waals surface area contributed by atoms with E-state index >= 15 is 0 Å². The second-order valence-corrected chi connectivity index (χ2v) is 6.48. The molecule has 1 N–H and O–H groups in total. The second-order valence-electron chi connectivity index (χ2n) is 5.31. The first-order valence-corrected chi connectivity index (χ1v) is 7.85. The van der Waals surface area contributed by atoms with Crippen LogP contribution in [0.5, 0.6) is 0 Å². The molecule has 1 aromatic heterocycles. The number of fused-ring (bicyclic) bond motifs is 1. The smallest absolute Gasteiger partial charge is 0.134 e. The fraction of sp³-hybridized carbons (Fsp3) is 0.375. The Bertz CT molecular complexity index is 619. The lowest BCUT2D eigenvalue weighted by atomic mass is 9.97. The van der Waals surface area contributed by atoms with Crippen molar-refractivity contribution in [3.63, 3.8) is 0 Å². The van der Waals surface area contributed by atoms with Crippen LogP contribution in [0.2, 0.25) is 0 Å². The summed E-state index contributed by atoms with van der Waals surface area (Å²) in [5.41, 5.74) is 1.17. The van der Waals surface area contributed by atoms with E-state index in [0.29, 0.717) is 0 Å². The summed E-state index contributed by atoms with van der Waals surface area (Å²) in [6, 6.07) is 2.91. The van der Waals surface area contributed by atoms with Crippen LogP contribution >= 0.6 is 11.3 Å². The van der Waals surface area contributed by atoms with Crippen molar-refractivity contribution in [3.05, 3.63) is 56.5 Å². The van der Waals surface area contributed by atoms with E-state index in [-0.39, 0.29) is 5.56 Å². The van der Waals surface area contributed by atoms with E-state index in [1.54, 1.807) is 18.4 Å². The zero-order valence-corrected chi connectivity index (χ0v) is 12.5. The highest BCUT2D eigenvalue weighted by atomic mass is 32.1. The Morgan fingerprint density at radius 3 is 2.33 bits per heavy atom. The van der Waals surface area contributed by atoms with E-state index in [0.717, 1.165) is 42.7 Å². The highest BCUT2D eigenvalue weighted by Crippen LogP contribution is 2.36. The molecule has 0 saturated heterocycles. The standard InChI is InChI=1S/C16H16F3NS/c1-20-16(15-11(18)7-10(17)8-12(15)19)14-6-9-4-2-3-5-13(9)21-14/h6-8,16,20H,2-5H2,1H3. The van der Waals surface area contributed by atoms with E-state index in [2.05, 4.69) is 5.32 Å². The monoisotopic (exact) mass is 311 g/mol. The van der Waals surface area contributed by atoms with Gasteiger partial charge >= 0.3 is 0 Å². The van der Waals surface area contributed by atoms with Gasteiger partial charge in [0.05, 0.1) is 6.04 Å². The van der Waals surface area contributed by atoms with E-state index in [1.165, 1.54) is 10.4 Å². The minimum Gasteiger partial charge on any atom is -0.308 e. The molecule has 1 atom stereocenters. The third-order valence-corrected chi connectivity index (χ3v) is 5.22. The van der Waals surface area contributed by atoms with Gasteiger partial charge in [0.2, 0.25) is 0 Å². The topological polar surface area (TPSA) is 12.0 Å². The van der Waals surface area contributed by atoms with Gasteiger partial charge in [0.15, 0.2) is 0 Å². The molecule has 0 amide bonds. The van der Waals surface area contributed by atoms with Gasteiger partial charge in [-0.15, -0.1) is 11.3 Å². The molecule has 1 aliphatic carbocycles. The average Bonchev–Trinajstić information content (AvgIpc) is 2.85. The lowest BCUT2D eigenvalue weighted by molar-refractivity contribution is 0.502. The normalized spacial score (nSPS) is 15.8. The van der Waals surface area contributed by atoms with Crippen LogP contribution in [0, 0.1) is 17.5 Å². The molecule has 1 aromatic carbocycles. The number of aryl methyl sites for hydroxylation is 2. The van der Waals surface area contributed by atoms with Crippen LogP contribution in [0.15, 0.2) is 18.2 Å². The lowest BCUT2D eigenvalue weighted by Crippen LogP contribution is -2.19. The maximum Gasteiger partial charge on any atom is 0.134 e. The van der Waals surface area contributed by atoms with Crippen molar-refractivity contribution in [2.75, 3.05) is 7.05 Å². The third-order valence-electron chi connectivity index (χ3n) is 3.92. The van der Waals surface area contributed by atoms with Gasteiger partial charge in [0.25, 0.3) is 0 Å². The molecule has 2 aromatic rings. The van der Waals surface area contributed by atoms with Crippen molar-refractivity contribution in [2.24, 2.45) is 0 Å². The van der Waals surface area contributed by atoms with Crippen LogP contribution in [-0.4, -0.2) is 7.05 Å². The molecule has 1 heterocycles. The first-order chi connectivity index (χ1) is 10.1. The fourth-order valence-electron chi connectivity index (χ4n) is 2.91. The molecule has 5 heteroatoms. The van der Waals surface area contributed by atoms with Crippen molar-refractivity contribution in [2.45, 2.75) is 31.7 Å². The van der Waals surface area contributed by atoms with Gasteiger partial charge in [0.1, 0.15) is 17.5 Å². The number of hydrogen-bond donors (Lipinski definition) is 1. The molecule has 0 aliphatic heterocycles. The zero-order valence-electron chi connectivity index (χ0n) is 11.7. The summed E-state index contributed by atoms with van der Waals surface area (Å²) in [6.07, 6.45) is 4.38. The van der Waals surface area contributed by atoms with Gasteiger partial charge in [0, 0.05) is 27.5 Å². The predicted octanol–water partition coefficient (Wildman–Crippen LogP) is 4.35. The molecule has 3 rings (SSSR count). The van der Waals surface area contributed by atoms with Crippen LogP contribution in [0.25, 0.3) is 0 Å². The van der Waals surface area contributed by atoms with Crippen molar-refractivity contribution >= 4 is 11.3 Å². The molecule has 1 unspecified atom stereocenters. The summed E-state index contributed by atoms with van der Waals surface area (Å²) in [6.45, 7) is 0. The van der Waals surface area contributed by atoms with Crippen molar-refractivity contribution in [1.82, 2.24) is 5.32 Å². The maximum atomic E-state index is 14.0. The van der Waals surface area contributed by atoms with E-state index in [1.807, 2.05) is 6.07 Å². The van der Waals surface area contributed by atoms with Crippen molar-refractivity contribution < 1.29 is 13.2 Å². The highest BCUT2D eigenvalue weighted by molar-refractivity contribution is 7.12. The molecule has 0 radical (unpaired) electrons. The van der Waals surface area contributed by atoms with Gasteiger partial charge in [-0.3, -0.25) is 0 Å². The van der Waals surface area contributed by atoms with Crippen LogP contribution in [0.1, 0.15) is 39.8 Å². The summed E-state index contributed by atoms with van der Waals surface area (Å²) in [4.78, 5) is 2.19. The molecule has 21 heavy (non-hydrogen) atoms. The largest absolute Gasteiger partial charge is 0.308 e. The van der Waals surface area contributed by atoms with Gasteiger partial charge in [-0.05, 0) is 44.4 Å². The summed E-state index contributed by atoms with van der Waals surface area (Å²) in [5.74, 6) is -2.59. The molecule has 0 spiro atoms. The van der Waals surface area contributed by atoms with Crippen LogP contribution < -0.4 is 5.32 Å². The van der Waals surface area contributed by atoms with Gasteiger partial charge in [-0.2, -0.15) is 0 Å². The maximum absolute atomic E-state index is 14.0. The third kappa shape index (κ3) is 2.72. The molecule has 112 valence electrons.